The molecule has 2 aromatic heterocycles. The first-order valence-electron chi connectivity index (χ1n) is 4.33. The number of thiophene rings is 1. The van der Waals surface area contributed by atoms with E-state index in [9.17, 15) is 0 Å². The second-order valence-electron chi connectivity index (χ2n) is 3.10. The van der Waals surface area contributed by atoms with Crippen LogP contribution in [0.25, 0.3) is 10.6 Å². The van der Waals surface area contributed by atoms with Crippen molar-refractivity contribution in [3.63, 3.8) is 0 Å². The van der Waals surface area contributed by atoms with Crippen LogP contribution in [-0.2, 0) is 0 Å². The Kier molecular flexibility index (Phi) is 2.21. The third kappa shape index (κ3) is 1.48. The van der Waals surface area contributed by atoms with Crippen molar-refractivity contribution in [3.05, 3.63) is 29.0 Å². The van der Waals surface area contributed by atoms with Crippen LogP contribution in [0.1, 0.15) is 11.5 Å². The van der Waals surface area contributed by atoms with E-state index in [-0.39, 0.29) is 0 Å². The molecule has 0 bridgehead atoms. The highest BCUT2D eigenvalue weighted by Gasteiger charge is 2.09. The number of hydrogen-bond donors (Lipinski definition) is 1. The smallest absolute Gasteiger partial charge is 0.126 e. The molecule has 0 unspecified atom stereocenters. The normalized spacial score (nSPS) is 10.4. The van der Waals surface area contributed by atoms with E-state index in [0.29, 0.717) is 5.69 Å². The molecule has 2 heterocycles. The molecule has 0 aliphatic rings. The number of nitrogens with zero attached hydrogens (tertiary/aromatic N) is 2. The molecule has 72 valence electrons. The molecule has 3 nitrogen and oxygen atoms in total. The van der Waals surface area contributed by atoms with Crippen molar-refractivity contribution in [1.82, 2.24) is 9.97 Å². The highest BCUT2D eigenvalue weighted by Crippen LogP contribution is 2.28. The van der Waals surface area contributed by atoms with Gasteiger partial charge in [-0.15, -0.1) is 11.3 Å². The Bertz CT molecular complexity index is 449. The van der Waals surface area contributed by atoms with Gasteiger partial charge in [0.05, 0.1) is 16.3 Å². The molecule has 0 atom stereocenters. The molecule has 0 spiro atoms. The molecule has 14 heavy (non-hydrogen) atoms. The Morgan fingerprint density at radius 3 is 2.71 bits per heavy atom. The first kappa shape index (κ1) is 9.15. The van der Waals surface area contributed by atoms with Crippen molar-refractivity contribution in [2.75, 3.05) is 5.73 Å². The van der Waals surface area contributed by atoms with Gasteiger partial charge in [0, 0.05) is 0 Å². The fourth-order valence-electron chi connectivity index (χ4n) is 1.32. The zero-order valence-corrected chi connectivity index (χ0v) is 8.93. The second-order valence-corrected chi connectivity index (χ2v) is 4.04. The maximum atomic E-state index is 5.92. The molecule has 0 saturated heterocycles. The average Bonchev–Trinajstić information content (AvgIpc) is 2.63. The number of rotatable bonds is 1. The van der Waals surface area contributed by atoms with Gasteiger partial charge >= 0.3 is 0 Å². The van der Waals surface area contributed by atoms with Crippen LogP contribution < -0.4 is 5.73 Å². The SMILES string of the molecule is Cc1nc(C)c(N)c(-c2cccs2)n1. The summed E-state index contributed by atoms with van der Waals surface area (Å²) in [5, 5.41) is 2.02. The highest BCUT2D eigenvalue weighted by molar-refractivity contribution is 7.13. The third-order valence-electron chi connectivity index (χ3n) is 2.00. The second kappa shape index (κ2) is 3.38. The van der Waals surface area contributed by atoms with Gasteiger partial charge in [-0.25, -0.2) is 9.97 Å². The third-order valence-corrected chi connectivity index (χ3v) is 2.88. The fraction of sp³-hybridized carbons (Fsp3) is 0.200. The average molecular weight is 205 g/mol. The lowest BCUT2D eigenvalue weighted by Gasteiger charge is -2.05. The lowest BCUT2D eigenvalue weighted by atomic mass is 10.2. The van der Waals surface area contributed by atoms with E-state index in [1.165, 1.54) is 0 Å². The van der Waals surface area contributed by atoms with Gasteiger partial charge < -0.3 is 5.73 Å². The molecular weight excluding hydrogens is 194 g/mol. The van der Waals surface area contributed by atoms with Crippen LogP contribution in [0.2, 0.25) is 0 Å². The van der Waals surface area contributed by atoms with E-state index < -0.39 is 0 Å². The maximum Gasteiger partial charge on any atom is 0.126 e. The van der Waals surface area contributed by atoms with E-state index in [0.717, 1.165) is 22.1 Å². The molecule has 2 N–H and O–H groups in total. The molecule has 0 aliphatic heterocycles. The Hall–Kier alpha value is -1.42. The molecular formula is C10H11N3S. The molecule has 0 amide bonds. The van der Waals surface area contributed by atoms with Crippen LogP contribution in [0.4, 0.5) is 5.69 Å². The lowest BCUT2D eigenvalue weighted by Crippen LogP contribution is -2.01. The van der Waals surface area contributed by atoms with Crippen molar-refractivity contribution >= 4 is 17.0 Å². The van der Waals surface area contributed by atoms with E-state index in [4.69, 9.17) is 5.73 Å². The molecule has 0 saturated carbocycles. The summed E-state index contributed by atoms with van der Waals surface area (Å²) in [5.74, 6) is 0.764. The Labute approximate surface area is 86.6 Å². The van der Waals surface area contributed by atoms with Gasteiger partial charge in [-0.05, 0) is 25.3 Å². The molecule has 0 aliphatic carbocycles. The summed E-state index contributed by atoms with van der Waals surface area (Å²) in [6.45, 7) is 3.78. The number of nitrogen functional groups attached to an aromatic ring is 1. The molecule has 0 radical (unpaired) electrons. The van der Waals surface area contributed by atoms with Crippen molar-refractivity contribution < 1.29 is 0 Å². The summed E-state index contributed by atoms with van der Waals surface area (Å²) in [5.41, 5.74) is 8.30. The van der Waals surface area contributed by atoms with Crippen molar-refractivity contribution in [3.8, 4) is 10.6 Å². The molecule has 2 aromatic rings. The molecule has 0 fully saturated rings. The van der Waals surface area contributed by atoms with E-state index in [1.54, 1.807) is 11.3 Å². The molecule has 0 aromatic carbocycles. The Morgan fingerprint density at radius 1 is 1.29 bits per heavy atom. The molecule has 4 heteroatoms. The lowest BCUT2D eigenvalue weighted by molar-refractivity contribution is 1.02. The first-order valence-corrected chi connectivity index (χ1v) is 5.21. The number of nitrogens with two attached hydrogens (primary N) is 1. The van der Waals surface area contributed by atoms with Crippen molar-refractivity contribution in [2.24, 2.45) is 0 Å². The van der Waals surface area contributed by atoms with Gasteiger partial charge in [0.25, 0.3) is 0 Å². The van der Waals surface area contributed by atoms with E-state index in [2.05, 4.69) is 9.97 Å². The molecule has 2 rings (SSSR count). The van der Waals surface area contributed by atoms with Gasteiger partial charge in [-0.3, -0.25) is 0 Å². The Balaban J connectivity index is 2.64. The zero-order valence-electron chi connectivity index (χ0n) is 8.11. The predicted molar refractivity (Wildman–Crippen MR) is 59.2 cm³/mol. The summed E-state index contributed by atoms with van der Waals surface area (Å²) < 4.78 is 0. The topological polar surface area (TPSA) is 51.8 Å². The summed E-state index contributed by atoms with van der Waals surface area (Å²) in [6, 6.07) is 4.01. The van der Waals surface area contributed by atoms with Crippen LogP contribution in [0, 0.1) is 13.8 Å². The summed E-state index contributed by atoms with van der Waals surface area (Å²) in [7, 11) is 0. The summed E-state index contributed by atoms with van der Waals surface area (Å²) in [4.78, 5) is 9.66. The summed E-state index contributed by atoms with van der Waals surface area (Å²) >= 11 is 1.64. The number of aryl methyl sites for hydroxylation is 2. The number of hydrogen-bond acceptors (Lipinski definition) is 4. The van der Waals surface area contributed by atoms with Gasteiger partial charge in [0.1, 0.15) is 11.5 Å². The standard InChI is InChI=1S/C10H11N3S/c1-6-9(11)10(13-7(2)12-6)8-4-3-5-14-8/h3-5H,11H2,1-2H3. The Morgan fingerprint density at radius 2 is 2.07 bits per heavy atom. The monoisotopic (exact) mass is 205 g/mol. The number of anilines is 1. The van der Waals surface area contributed by atoms with Crippen molar-refractivity contribution in [1.29, 1.82) is 0 Å². The minimum Gasteiger partial charge on any atom is -0.395 e. The fourth-order valence-corrected chi connectivity index (χ4v) is 2.05. The van der Waals surface area contributed by atoms with Crippen LogP contribution in [0.3, 0.4) is 0 Å². The minimum absolute atomic E-state index is 0.679. The zero-order chi connectivity index (χ0) is 10.1. The predicted octanol–water partition coefficient (Wildman–Crippen LogP) is 2.40. The largest absolute Gasteiger partial charge is 0.395 e. The maximum absolute atomic E-state index is 5.92. The van der Waals surface area contributed by atoms with Gasteiger partial charge in [-0.2, -0.15) is 0 Å². The van der Waals surface area contributed by atoms with Crippen LogP contribution in [0.5, 0.6) is 0 Å². The van der Waals surface area contributed by atoms with Gasteiger partial charge in [0.2, 0.25) is 0 Å². The minimum atomic E-state index is 0.679. The summed E-state index contributed by atoms with van der Waals surface area (Å²) in [6.07, 6.45) is 0. The first-order chi connectivity index (χ1) is 6.68. The van der Waals surface area contributed by atoms with Gasteiger partial charge in [0.15, 0.2) is 0 Å². The highest BCUT2D eigenvalue weighted by atomic mass is 32.1. The van der Waals surface area contributed by atoms with E-state index in [1.807, 2.05) is 31.4 Å². The van der Waals surface area contributed by atoms with Gasteiger partial charge in [-0.1, -0.05) is 6.07 Å². The quantitative estimate of drug-likeness (QED) is 0.777. The van der Waals surface area contributed by atoms with Crippen LogP contribution in [0.15, 0.2) is 17.5 Å². The van der Waals surface area contributed by atoms with Crippen LogP contribution >= 0.6 is 11.3 Å². The van der Waals surface area contributed by atoms with Crippen molar-refractivity contribution in [2.45, 2.75) is 13.8 Å². The number of aromatic nitrogens is 2. The van der Waals surface area contributed by atoms with Crippen LogP contribution in [-0.4, -0.2) is 9.97 Å². The van der Waals surface area contributed by atoms with E-state index >= 15 is 0 Å².